The van der Waals surface area contributed by atoms with Crippen LogP contribution >= 0.6 is 0 Å². The normalized spacial score (nSPS) is 12.8. The van der Waals surface area contributed by atoms with Gasteiger partial charge in [-0.15, -0.1) is 0 Å². The zero-order valence-electron chi connectivity index (χ0n) is 54.0. The minimum Gasteiger partial charge on any atom is -0.462 e. The van der Waals surface area contributed by atoms with Crippen molar-refractivity contribution < 1.29 is 28.6 Å². The fraction of sp³-hybridized carbons (Fsp3) is 0.724. The highest BCUT2D eigenvalue weighted by atomic mass is 16.6. The van der Waals surface area contributed by atoms with Crippen LogP contribution in [0.15, 0.2) is 109 Å². The summed E-state index contributed by atoms with van der Waals surface area (Å²) in [6.07, 6.45) is 95.7. The predicted molar refractivity (Wildman–Crippen MR) is 357 cm³/mol. The summed E-state index contributed by atoms with van der Waals surface area (Å²) >= 11 is 0. The molecule has 0 spiro atoms. The minimum absolute atomic E-state index is 0.0959. The van der Waals surface area contributed by atoms with E-state index < -0.39 is 6.10 Å². The van der Waals surface area contributed by atoms with Crippen LogP contribution < -0.4 is 0 Å². The summed E-state index contributed by atoms with van der Waals surface area (Å²) in [6, 6.07) is 0. The van der Waals surface area contributed by atoms with Crippen LogP contribution in [0, 0.1) is 0 Å². The Bertz CT molecular complexity index is 1640. The lowest BCUT2D eigenvalue weighted by Gasteiger charge is -2.18. The molecule has 1 atom stereocenters. The molecule has 0 aliphatic carbocycles. The Hall–Kier alpha value is -3.93. The SMILES string of the molecule is CC/C=C\C/C=C\C/C=C\C/C=C\C/C=C\CCCCCCCCCCCCCCCCCCCC(=O)OCC(COC(=O)CC/C=C\C/C=C\C/C=C\C/C=C\CC)OC(=O)CCCCCCCCCCCCCCCCCCCC. The van der Waals surface area contributed by atoms with Crippen molar-refractivity contribution in [2.75, 3.05) is 13.2 Å². The summed E-state index contributed by atoms with van der Waals surface area (Å²) in [5.74, 6) is -0.965. The third kappa shape index (κ3) is 66.9. The Morgan fingerprint density at radius 2 is 0.500 bits per heavy atom. The largest absolute Gasteiger partial charge is 0.462 e. The molecule has 0 aliphatic heterocycles. The Balaban J connectivity index is 4.20. The van der Waals surface area contributed by atoms with Gasteiger partial charge in [0, 0.05) is 19.3 Å². The van der Waals surface area contributed by atoms with Gasteiger partial charge in [0.2, 0.25) is 0 Å². The van der Waals surface area contributed by atoms with E-state index in [0.717, 1.165) is 96.3 Å². The second-order valence-corrected chi connectivity index (χ2v) is 23.0. The Morgan fingerprint density at radius 3 is 0.817 bits per heavy atom. The van der Waals surface area contributed by atoms with Crippen LogP contribution in [-0.2, 0) is 28.6 Å². The fourth-order valence-corrected chi connectivity index (χ4v) is 9.90. The molecule has 0 heterocycles. The Labute approximate surface area is 508 Å². The highest BCUT2D eigenvalue weighted by Gasteiger charge is 2.19. The number of hydrogen-bond acceptors (Lipinski definition) is 6. The van der Waals surface area contributed by atoms with Crippen LogP contribution in [0.3, 0.4) is 0 Å². The van der Waals surface area contributed by atoms with E-state index in [-0.39, 0.29) is 37.5 Å². The van der Waals surface area contributed by atoms with E-state index in [1.165, 1.54) is 193 Å². The van der Waals surface area contributed by atoms with E-state index in [9.17, 15) is 14.4 Å². The second kappa shape index (κ2) is 69.6. The minimum atomic E-state index is -0.805. The van der Waals surface area contributed by atoms with Gasteiger partial charge in [-0.05, 0) is 89.9 Å². The average Bonchev–Trinajstić information content (AvgIpc) is 3.47. The van der Waals surface area contributed by atoms with Gasteiger partial charge < -0.3 is 14.2 Å². The van der Waals surface area contributed by atoms with Gasteiger partial charge in [0.25, 0.3) is 0 Å². The van der Waals surface area contributed by atoms with Crippen molar-refractivity contribution in [3.05, 3.63) is 109 Å². The van der Waals surface area contributed by atoms with Gasteiger partial charge in [-0.3, -0.25) is 14.4 Å². The molecule has 0 aliphatic rings. The fourth-order valence-electron chi connectivity index (χ4n) is 9.90. The second-order valence-electron chi connectivity index (χ2n) is 23.0. The third-order valence-corrected chi connectivity index (χ3v) is 15.0. The van der Waals surface area contributed by atoms with Crippen molar-refractivity contribution in [2.45, 2.75) is 341 Å². The van der Waals surface area contributed by atoms with Crippen LogP contribution in [0.4, 0.5) is 0 Å². The molecule has 0 amide bonds. The predicted octanol–water partition coefficient (Wildman–Crippen LogP) is 24.2. The maximum absolute atomic E-state index is 12.9. The number of allylic oxidation sites excluding steroid dienone is 18. The van der Waals surface area contributed by atoms with E-state index in [2.05, 4.69) is 124 Å². The van der Waals surface area contributed by atoms with Gasteiger partial charge in [-0.25, -0.2) is 0 Å². The molecule has 0 aromatic carbocycles. The van der Waals surface area contributed by atoms with E-state index >= 15 is 0 Å². The lowest BCUT2D eigenvalue weighted by atomic mass is 10.0. The lowest BCUT2D eigenvalue weighted by Crippen LogP contribution is -2.30. The van der Waals surface area contributed by atoms with Crippen LogP contribution in [0.1, 0.15) is 335 Å². The van der Waals surface area contributed by atoms with Crippen molar-refractivity contribution in [3.8, 4) is 0 Å². The first-order valence-corrected chi connectivity index (χ1v) is 34.9. The molecule has 82 heavy (non-hydrogen) atoms. The number of carbonyl (C=O) groups excluding carboxylic acids is 3. The molecule has 6 nitrogen and oxygen atoms in total. The molecule has 0 saturated carbocycles. The molecule has 0 N–H and O–H groups in total. The maximum atomic E-state index is 12.9. The highest BCUT2D eigenvalue weighted by molar-refractivity contribution is 5.71. The van der Waals surface area contributed by atoms with Crippen LogP contribution in [-0.4, -0.2) is 37.2 Å². The van der Waals surface area contributed by atoms with Gasteiger partial charge in [0.15, 0.2) is 6.10 Å². The summed E-state index contributed by atoms with van der Waals surface area (Å²) in [5.41, 5.74) is 0. The third-order valence-electron chi connectivity index (χ3n) is 15.0. The van der Waals surface area contributed by atoms with Crippen molar-refractivity contribution in [1.82, 2.24) is 0 Å². The number of carbonyl (C=O) groups is 3. The molecule has 0 fully saturated rings. The topological polar surface area (TPSA) is 78.9 Å². The van der Waals surface area contributed by atoms with Crippen LogP contribution in [0.5, 0.6) is 0 Å². The van der Waals surface area contributed by atoms with E-state index in [0.29, 0.717) is 19.3 Å². The molecular formula is C76H130O6. The Morgan fingerprint density at radius 1 is 0.256 bits per heavy atom. The van der Waals surface area contributed by atoms with Crippen molar-refractivity contribution in [1.29, 1.82) is 0 Å². The number of hydrogen-bond donors (Lipinski definition) is 0. The first-order chi connectivity index (χ1) is 40.5. The van der Waals surface area contributed by atoms with E-state index in [1.807, 2.05) is 6.08 Å². The van der Waals surface area contributed by atoms with E-state index in [1.54, 1.807) is 0 Å². The van der Waals surface area contributed by atoms with Gasteiger partial charge in [-0.2, -0.15) is 0 Å². The Kier molecular flexibility index (Phi) is 66.2. The maximum Gasteiger partial charge on any atom is 0.306 e. The molecule has 0 saturated heterocycles. The molecule has 0 aromatic rings. The zero-order chi connectivity index (χ0) is 59.2. The quantitative estimate of drug-likeness (QED) is 0.0261. The monoisotopic (exact) mass is 1140 g/mol. The van der Waals surface area contributed by atoms with Gasteiger partial charge in [0.1, 0.15) is 13.2 Å². The number of unbranched alkanes of at least 4 members (excludes halogenated alkanes) is 34. The summed E-state index contributed by atoms with van der Waals surface area (Å²) < 4.78 is 16.9. The average molecular weight is 1140 g/mol. The summed E-state index contributed by atoms with van der Waals surface area (Å²) in [6.45, 7) is 6.39. The first kappa shape index (κ1) is 78.1. The molecule has 470 valence electrons. The standard InChI is InChI=1S/C76H130O6/c1-4-7-10-13-16-19-22-25-27-29-31-32-33-34-35-36-37-38-39-40-41-42-43-44-45-47-48-51-54-57-60-63-66-69-75(78)81-72-73(71-80-74(77)68-65-62-59-56-53-50-24-21-18-15-12-9-6-3)82-76(79)70-67-64-61-58-55-52-49-46-30-28-26-23-20-17-14-11-8-5-2/h7,9-10,12,16,18-19,21,25,27,31-32,34-35,50,53,59,62,73H,4-6,8,11,13-15,17,20,22-24,26,28-30,33,36-49,51-52,54-58,60-61,63-72H2,1-3H3/b10-7-,12-9-,19-16-,21-18-,27-25-,32-31-,35-34-,53-50-,62-59-. The molecular weight excluding hydrogens is 1010 g/mol. The molecule has 1 unspecified atom stereocenters. The highest BCUT2D eigenvalue weighted by Crippen LogP contribution is 2.18. The van der Waals surface area contributed by atoms with Gasteiger partial charge >= 0.3 is 17.9 Å². The molecule has 0 aromatic heterocycles. The summed E-state index contributed by atoms with van der Waals surface area (Å²) in [7, 11) is 0. The first-order valence-electron chi connectivity index (χ1n) is 34.9. The smallest absolute Gasteiger partial charge is 0.306 e. The van der Waals surface area contributed by atoms with Crippen LogP contribution in [0.2, 0.25) is 0 Å². The van der Waals surface area contributed by atoms with Crippen molar-refractivity contribution in [3.63, 3.8) is 0 Å². The summed E-state index contributed by atoms with van der Waals surface area (Å²) in [5, 5.41) is 0. The molecule has 6 heteroatoms. The number of esters is 3. The molecule has 0 bridgehead atoms. The lowest BCUT2D eigenvalue weighted by molar-refractivity contribution is -0.166. The number of ether oxygens (including phenoxy) is 3. The van der Waals surface area contributed by atoms with Crippen LogP contribution in [0.25, 0.3) is 0 Å². The zero-order valence-corrected chi connectivity index (χ0v) is 54.0. The van der Waals surface area contributed by atoms with E-state index in [4.69, 9.17) is 14.2 Å². The van der Waals surface area contributed by atoms with Crippen molar-refractivity contribution in [2.24, 2.45) is 0 Å². The number of rotatable bonds is 63. The summed E-state index contributed by atoms with van der Waals surface area (Å²) in [4.78, 5) is 38.3. The molecule has 0 rings (SSSR count). The van der Waals surface area contributed by atoms with Crippen molar-refractivity contribution >= 4 is 17.9 Å². The molecule has 0 radical (unpaired) electrons. The van der Waals surface area contributed by atoms with Gasteiger partial charge in [0.05, 0.1) is 0 Å². The van der Waals surface area contributed by atoms with Gasteiger partial charge in [-0.1, -0.05) is 336 Å².